The third kappa shape index (κ3) is 7.91. The number of hydrogen-bond acceptors (Lipinski definition) is 5. The van der Waals surface area contributed by atoms with E-state index < -0.39 is 0 Å². The van der Waals surface area contributed by atoms with Crippen LogP contribution in [0.25, 0.3) is 0 Å². The van der Waals surface area contributed by atoms with Gasteiger partial charge in [-0.3, -0.25) is 4.79 Å². The Morgan fingerprint density at radius 2 is 1.57 bits per heavy atom. The first-order valence-electron chi connectivity index (χ1n) is 10.1. The number of azo groups is 1. The van der Waals surface area contributed by atoms with Crippen LogP contribution >= 0.6 is 0 Å². The third-order valence-corrected chi connectivity index (χ3v) is 4.45. The van der Waals surface area contributed by atoms with Crippen molar-refractivity contribution in [3.05, 3.63) is 54.6 Å². The molecule has 0 aliphatic carbocycles. The molecule has 2 aromatic rings. The van der Waals surface area contributed by atoms with Crippen molar-refractivity contribution in [3.8, 4) is 5.75 Å². The number of esters is 1. The van der Waals surface area contributed by atoms with E-state index in [0.717, 1.165) is 43.5 Å². The summed E-state index contributed by atoms with van der Waals surface area (Å²) in [6.07, 6.45) is 5.12. The molecule has 5 heteroatoms. The van der Waals surface area contributed by atoms with E-state index in [1.807, 2.05) is 61.5 Å². The molecule has 0 radical (unpaired) electrons. The second-order valence-electron chi connectivity index (χ2n) is 6.65. The Morgan fingerprint density at radius 3 is 2.21 bits per heavy atom. The van der Waals surface area contributed by atoms with E-state index in [4.69, 9.17) is 9.47 Å². The number of carbonyl (C=O) groups is 1. The Hall–Kier alpha value is -2.69. The van der Waals surface area contributed by atoms with Gasteiger partial charge in [0.2, 0.25) is 0 Å². The minimum atomic E-state index is -0.112. The molecule has 5 nitrogen and oxygen atoms in total. The molecule has 0 fully saturated rings. The van der Waals surface area contributed by atoms with Gasteiger partial charge < -0.3 is 9.47 Å². The van der Waals surface area contributed by atoms with E-state index in [1.54, 1.807) is 0 Å². The van der Waals surface area contributed by atoms with E-state index >= 15 is 0 Å². The van der Waals surface area contributed by atoms with Gasteiger partial charge in [-0.25, -0.2) is 0 Å². The van der Waals surface area contributed by atoms with Crippen molar-refractivity contribution < 1.29 is 14.3 Å². The molecule has 0 aliphatic heterocycles. The fourth-order valence-corrected chi connectivity index (χ4v) is 2.77. The molecule has 0 N–H and O–H groups in total. The van der Waals surface area contributed by atoms with Crippen LogP contribution in [0.15, 0.2) is 64.8 Å². The Labute approximate surface area is 167 Å². The van der Waals surface area contributed by atoms with Crippen LogP contribution in [0, 0.1) is 5.92 Å². The lowest BCUT2D eigenvalue weighted by Crippen LogP contribution is -2.20. The van der Waals surface area contributed by atoms with Gasteiger partial charge in [0.25, 0.3) is 0 Å². The highest BCUT2D eigenvalue weighted by atomic mass is 16.6. The number of ether oxygens (including phenoxy) is 2. The van der Waals surface area contributed by atoms with Gasteiger partial charge in [-0.15, -0.1) is 0 Å². The van der Waals surface area contributed by atoms with Crippen molar-refractivity contribution in [1.29, 1.82) is 0 Å². The first kappa shape index (κ1) is 21.6. The van der Waals surface area contributed by atoms with Crippen molar-refractivity contribution >= 4 is 17.3 Å². The molecule has 28 heavy (non-hydrogen) atoms. The monoisotopic (exact) mass is 382 g/mol. The van der Waals surface area contributed by atoms with Gasteiger partial charge in [0.1, 0.15) is 19.0 Å². The summed E-state index contributed by atoms with van der Waals surface area (Å²) in [6, 6.07) is 16.9. The van der Waals surface area contributed by atoms with Crippen molar-refractivity contribution in [2.75, 3.05) is 13.2 Å². The molecule has 0 aromatic heterocycles. The molecule has 0 saturated carbocycles. The minimum Gasteiger partial charge on any atom is -0.490 e. The number of unbranched alkanes of at least 4 members (excludes halogenated alkanes) is 2. The van der Waals surface area contributed by atoms with E-state index in [2.05, 4.69) is 17.2 Å². The molecule has 0 saturated heterocycles. The van der Waals surface area contributed by atoms with Gasteiger partial charge >= 0.3 is 5.97 Å². The molecule has 0 amide bonds. The van der Waals surface area contributed by atoms with E-state index in [9.17, 15) is 4.79 Å². The molecule has 2 rings (SSSR count). The summed E-state index contributed by atoms with van der Waals surface area (Å²) in [6.45, 7) is 4.79. The van der Waals surface area contributed by atoms with E-state index in [-0.39, 0.29) is 18.5 Å². The topological polar surface area (TPSA) is 60.2 Å². The maximum absolute atomic E-state index is 12.1. The zero-order valence-electron chi connectivity index (χ0n) is 16.8. The fraction of sp³-hybridized carbons (Fsp3) is 0.435. The van der Waals surface area contributed by atoms with Crippen molar-refractivity contribution in [2.24, 2.45) is 16.1 Å². The summed E-state index contributed by atoms with van der Waals surface area (Å²) in [5.74, 6) is 0.601. The Bertz CT molecular complexity index is 714. The van der Waals surface area contributed by atoms with Crippen molar-refractivity contribution in [1.82, 2.24) is 0 Å². The minimum absolute atomic E-state index is 0.000750. The summed E-state index contributed by atoms with van der Waals surface area (Å²) in [4.78, 5) is 12.1. The average Bonchev–Trinajstić information content (AvgIpc) is 2.74. The highest BCUT2D eigenvalue weighted by Crippen LogP contribution is 2.21. The van der Waals surface area contributed by atoms with Gasteiger partial charge in [0.15, 0.2) is 0 Å². The lowest BCUT2D eigenvalue weighted by atomic mass is 9.99. The average molecular weight is 383 g/mol. The van der Waals surface area contributed by atoms with Gasteiger partial charge in [-0.1, -0.05) is 51.3 Å². The largest absolute Gasteiger partial charge is 0.490 e. The van der Waals surface area contributed by atoms with Crippen LogP contribution in [0.3, 0.4) is 0 Å². The zero-order valence-corrected chi connectivity index (χ0v) is 16.8. The van der Waals surface area contributed by atoms with Crippen LogP contribution in [0.4, 0.5) is 11.4 Å². The number of rotatable bonds is 12. The highest BCUT2D eigenvalue weighted by molar-refractivity contribution is 5.72. The second kappa shape index (κ2) is 12.7. The summed E-state index contributed by atoms with van der Waals surface area (Å²) >= 11 is 0. The fourth-order valence-electron chi connectivity index (χ4n) is 2.77. The maximum atomic E-state index is 12.1. The number of carbonyl (C=O) groups excluding carboxylic acids is 1. The quantitative estimate of drug-likeness (QED) is 0.235. The molecule has 0 bridgehead atoms. The van der Waals surface area contributed by atoms with E-state index in [1.165, 1.54) is 0 Å². The number of benzene rings is 2. The van der Waals surface area contributed by atoms with E-state index in [0.29, 0.717) is 12.4 Å². The van der Waals surface area contributed by atoms with Crippen LogP contribution in [0.2, 0.25) is 0 Å². The van der Waals surface area contributed by atoms with Crippen LogP contribution in [-0.2, 0) is 9.53 Å². The number of nitrogens with zero attached hydrogens (tertiary/aromatic N) is 2. The van der Waals surface area contributed by atoms with Crippen LogP contribution < -0.4 is 4.74 Å². The Morgan fingerprint density at radius 1 is 0.893 bits per heavy atom. The smallest absolute Gasteiger partial charge is 0.309 e. The Balaban J connectivity index is 1.70. The maximum Gasteiger partial charge on any atom is 0.309 e. The predicted octanol–water partition coefficient (Wildman–Crippen LogP) is 6.63. The normalized spacial score (nSPS) is 12.1. The third-order valence-electron chi connectivity index (χ3n) is 4.45. The lowest BCUT2D eigenvalue weighted by molar-refractivity contribution is -0.149. The van der Waals surface area contributed by atoms with Crippen molar-refractivity contribution in [2.45, 2.75) is 46.0 Å². The van der Waals surface area contributed by atoms with Crippen molar-refractivity contribution in [3.63, 3.8) is 0 Å². The van der Waals surface area contributed by atoms with Gasteiger partial charge in [0, 0.05) is 0 Å². The zero-order chi connectivity index (χ0) is 20.0. The predicted molar refractivity (Wildman–Crippen MR) is 111 cm³/mol. The molecule has 0 spiro atoms. The molecule has 0 aliphatic rings. The van der Waals surface area contributed by atoms with Gasteiger partial charge in [-0.05, 0) is 49.2 Å². The van der Waals surface area contributed by atoms with Gasteiger partial charge in [-0.2, -0.15) is 10.2 Å². The summed E-state index contributed by atoms with van der Waals surface area (Å²) in [5.41, 5.74) is 1.56. The summed E-state index contributed by atoms with van der Waals surface area (Å²) in [5, 5.41) is 8.38. The molecule has 150 valence electrons. The summed E-state index contributed by atoms with van der Waals surface area (Å²) < 4.78 is 11.0. The first-order chi connectivity index (χ1) is 13.7. The first-order valence-corrected chi connectivity index (χ1v) is 10.1. The molecular formula is C23H30N2O3. The number of hydrogen-bond donors (Lipinski definition) is 0. The molecular weight excluding hydrogens is 352 g/mol. The summed E-state index contributed by atoms with van der Waals surface area (Å²) in [7, 11) is 0. The van der Waals surface area contributed by atoms with Crippen LogP contribution in [0.1, 0.15) is 46.0 Å². The van der Waals surface area contributed by atoms with Crippen LogP contribution in [-0.4, -0.2) is 19.2 Å². The lowest BCUT2D eigenvalue weighted by Gasteiger charge is -2.14. The molecule has 1 unspecified atom stereocenters. The standard InChI is InChI=1S/C23H30N2O3/c1-3-5-7-10-19(4-2)23(26)28-18-17-27-22-15-13-21(14-16-22)25-24-20-11-8-6-9-12-20/h6,8-9,11-16,19H,3-5,7,10,17-18H2,1-2H3. The molecule has 2 aromatic carbocycles. The SMILES string of the molecule is CCCCCC(CC)C(=O)OCCOc1ccc(N=Nc2ccccc2)cc1. The van der Waals surface area contributed by atoms with Crippen LogP contribution in [0.5, 0.6) is 5.75 Å². The molecule has 0 heterocycles. The van der Waals surface area contributed by atoms with Gasteiger partial charge in [0.05, 0.1) is 17.3 Å². The Kier molecular flexibility index (Phi) is 9.76. The highest BCUT2D eigenvalue weighted by Gasteiger charge is 2.17. The molecule has 1 atom stereocenters. The second-order valence-corrected chi connectivity index (χ2v) is 6.65.